The van der Waals surface area contributed by atoms with Crippen LogP contribution in [0.5, 0.6) is 11.5 Å². The summed E-state index contributed by atoms with van der Waals surface area (Å²) in [6.07, 6.45) is 1.82. The number of amides is 1. The maximum absolute atomic E-state index is 13.3. The Morgan fingerprint density at radius 2 is 1.90 bits per heavy atom. The second-order valence-electron chi connectivity index (χ2n) is 7.26. The highest BCUT2D eigenvalue weighted by Crippen LogP contribution is 2.36. The number of nitrogens with one attached hydrogen (secondary N) is 1. The third-order valence-electron chi connectivity index (χ3n) is 5.15. The lowest BCUT2D eigenvalue weighted by Crippen LogP contribution is -2.32. The van der Waals surface area contributed by atoms with Crippen LogP contribution in [0.15, 0.2) is 47.3 Å². The SMILES string of the molecule is COc1ccc(C(=O)NCCn2nc(-c3ccc(F)cc3)n(C3CC3)c2=O)c(OC)c1. The quantitative estimate of drug-likeness (QED) is 0.598. The Morgan fingerprint density at radius 3 is 2.55 bits per heavy atom. The van der Waals surface area contributed by atoms with Crippen molar-refractivity contribution in [3.05, 3.63) is 64.3 Å². The molecule has 1 fully saturated rings. The molecule has 9 heteroatoms. The van der Waals surface area contributed by atoms with Gasteiger partial charge in [-0.05, 0) is 49.2 Å². The van der Waals surface area contributed by atoms with E-state index >= 15 is 0 Å². The summed E-state index contributed by atoms with van der Waals surface area (Å²) >= 11 is 0. The number of hydrogen-bond donors (Lipinski definition) is 1. The number of methoxy groups -OCH3 is 2. The molecule has 3 aromatic rings. The maximum atomic E-state index is 13.3. The second kappa shape index (κ2) is 8.63. The highest BCUT2D eigenvalue weighted by atomic mass is 19.1. The van der Waals surface area contributed by atoms with Crippen molar-refractivity contribution >= 4 is 5.91 Å². The number of nitrogens with zero attached hydrogens (tertiary/aromatic N) is 3. The van der Waals surface area contributed by atoms with Crippen molar-refractivity contribution in [3.63, 3.8) is 0 Å². The van der Waals surface area contributed by atoms with Crippen molar-refractivity contribution in [2.75, 3.05) is 20.8 Å². The van der Waals surface area contributed by atoms with Gasteiger partial charge in [-0.25, -0.2) is 13.9 Å². The average molecular weight is 426 g/mol. The molecular weight excluding hydrogens is 403 g/mol. The summed E-state index contributed by atoms with van der Waals surface area (Å²) in [7, 11) is 3.01. The molecule has 0 saturated heterocycles. The van der Waals surface area contributed by atoms with Crippen LogP contribution in [0.25, 0.3) is 11.4 Å². The predicted molar refractivity (Wildman–Crippen MR) is 112 cm³/mol. The highest BCUT2D eigenvalue weighted by Gasteiger charge is 2.30. The molecule has 162 valence electrons. The Bertz CT molecular complexity index is 1150. The molecule has 0 unspecified atom stereocenters. The van der Waals surface area contributed by atoms with Crippen LogP contribution in [0.2, 0.25) is 0 Å². The maximum Gasteiger partial charge on any atom is 0.346 e. The fourth-order valence-electron chi connectivity index (χ4n) is 3.38. The molecule has 1 aliphatic rings. The Labute approximate surface area is 178 Å². The van der Waals surface area contributed by atoms with Gasteiger partial charge >= 0.3 is 5.69 Å². The summed E-state index contributed by atoms with van der Waals surface area (Å²) in [5.41, 5.74) is 0.806. The largest absolute Gasteiger partial charge is 0.497 e. The fourth-order valence-corrected chi connectivity index (χ4v) is 3.38. The van der Waals surface area contributed by atoms with Crippen molar-refractivity contribution in [1.82, 2.24) is 19.7 Å². The first-order valence-corrected chi connectivity index (χ1v) is 9.97. The minimum absolute atomic E-state index is 0.111. The van der Waals surface area contributed by atoms with Gasteiger partial charge in [-0.1, -0.05) is 0 Å². The fraction of sp³-hybridized carbons (Fsp3) is 0.318. The second-order valence-corrected chi connectivity index (χ2v) is 7.26. The molecule has 31 heavy (non-hydrogen) atoms. The van der Waals surface area contributed by atoms with Crippen LogP contribution in [0.4, 0.5) is 4.39 Å². The number of halogens is 1. The van der Waals surface area contributed by atoms with Crippen LogP contribution in [0, 0.1) is 5.82 Å². The molecule has 0 aliphatic heterocycles. The standard InChI is InChI=1S/C22H23FN4O4/c1-30-17-9-10-18(19(13-17)31-2)21(28)24-11-12-26-22(29)27(16-7-8-16)20(25-26)14-3-5-15(23)6-4-14/h3-6,9-10,13,16H,7-8,11-12H2,1-2H3,(H,24,28). The first kappa shape index (κ1) is 20.6. The van der Waals surface area contributed by atoms with E-state index in [0.717, 1.165) is 12.8 Å². The zero-order valence-electron chi connectivity index (χ0n) is 17.3. The van der Waals surface area contributed by atoms with Crippen LogP contribution in [0.3, 0.4) is 0 Å². The van der Waals surface area contributed by atoms with Gasteiger partial charge in [0.25, 0.3) is 5.91 Å². The third-order valence-corrected chi connectivity index (χ3v) is 5.15. The molecule has 8 nitrogen and oxygen atoms in total. The molecule has 0 spiro atoms. The monoisotopic (exact) mass is 426 g/mol. The van der Waals surface area contributed by atoms with Gasteiger partial charge in [-0.15, -0.1) is 5.10 Å². The molecule has 1 aliphatic carbocycles. The Morgan fingerprint density at radius 1 is 1.16 bits per heavy atom. The van der Waals surface area contributed by atoms with Gasteiger partial charge in [0.15, 0.2) is 5.82 Å². The first-order chi connectivity index (χ1) is 15.0. The van der Waals surface area contributed by atoms with Crippen LogP contribution >= 0.6 is 0 Å². The smallest absolute Gasteiger partial charge is 0.346 e. The van der Waals surface area contributed by atoms with Crippen molar-refractivity contribution in [2.45, 2.75) is 25.4 Å². The molecule has 1 N–H and O–H groups in total. The Kier molecular flexibility index (Phi) is 5.75. The third kappa shape index (κ3) is 4.30. The zero-order chi connectivity index (χ0) is 22.0. The number of aromatic nitrogens is 3. The Hall–Kier alpha value is -3.62. The normalized spacial score (nSPS) is 13.1. The number of hydrogen-bond acceptors (Lipinski definition) is 5. The molecule has 2 aromatic carbocycles. The molecule has 0 atom stereocenters. The summed E-state index contributed by atoms with van der Waals surface area (Å²) in [5, 5.41) is 7.24. The van der Waals surface area contributed by atoms with Gasteiger partial charge in [0, 0.05) is 24.2 Å². The number of carbonyl (C=O) groups excluding carboxylic acids is 1. The van der Waals surface area contributed by atoms with Crippen LogP contribution in [-0.2, 0) is 6.54 Å². The predicted octanol–water partition coefficient (Wildman–Crippen LogP) is 2.63. The van der Waals surface area contributed by atoms with Gasteiger partial charge in [-0.2, -0.15) is 0 Å². The van der Waals surface area contributed by atoms with Gasteiger partial charge in [0.1, 0.15) is 17.3 Å². The van der Waals surface area contributed by atoms with E-state index in [1.807, 2.05) is 0 Å². The number of benzene rings is 2. The summed E-state index contributed by atoms with van der Waals surface area (Å²) in [6.45, 7) is 0.412. The van der Waals surface area contributed by atoms with Crippen LogP contribution in [0.1, 0.15) is 29.2 Å². The van der Waals surface area contributed by atoms with E-state index in [-0.39, 0.29) is 36.5 Å². The summed E-state index contributed by atoms with van der Waals surface area (Å²) in [6, 6.07) is 10.9. The van der Waals surface area contributed by atoms with Gasteiger partial charge in [0.2, 0.25) is 0 Å². The molecule has 1 heterocycles. The summed E-state index contributed by atoms with van der Waals surface area (Å²) < 4.78 is 26.7. The van der Waals surface area contributed by atoms with Crippen LogP contribution in [-0.4, -0.2) is 41.0 Å². The lowest BCUT2D eigenvalue weighted by molar-refractivity contribution is 0.0948. The lowest BCUT2D eigenvalue weighted by atomic mass is 10.1. The minimum atomic E-state index is -0.347. The number of ether oxygens (including phenoxy) is 2. The molecular formula is C22H23FN4O4. The molecule has 4 rings (SSSR count). The first-order valence-electron chi connectivity index (χ1n) is 9.97. The molecule has 0 radical (unpaired) electrons. The summed E-state index contributed by atoms with van der Waals surface area (Å²) in [5.74, 6) is 0.813. The van der Waals surface area contributed by atoms with Crippen molar-refractivity contribution in [1.29, 1.82) is 0 Å². The zero-order valence-corrected chi connectivity index (χ0v) is 17.3. The van der Waals surface area contributed by atoms with E-state index in [2.05, 4.69) is 10.4 Å². The van der Waals surface area contributed by atoms with E-state index in [0.29, 0.717) is 28.5 Å². The Balaban J connectivity index is 1.49. The van der Waals surface area contributed by atoms with E-state index in [9.17, 15) is 14.0 Å². The lowest BCUT2D eigenvalue weighted by Gasteiger charge is -2.10. The molecule has 1 amide bonds. The minimum Gasteiger partial charge on any atom is -0.497 e. The van der Waals surface area contributed by atoms with Gasteiger partial charge in [-0.3, -0.25) is 9.36 Å². The van der Waals surface area contributed by atoms with E-state index in [1.165, 1.54) is 31.0 Å². The van der Waals surface area contributed by atoms with Crippen molar-refractivity contribution in [2.24, 2.45) is 0 Å². The van der Waals surface area contributed by atoms with Crippen molar-refractivity contribution < 1.29 is 18.7 Å². The molecule has 0 bridgehead atoms. The molecule has 1 aromatic heterocycles. The molecule has 1 saturated carbocycles. The number of rotatable bonds is 8. The van der Waals surface area contributed by atoms with E-state index in [1.54, 1.807) is 34.9 Å². The summed E-state index contributed by atoms with van der Waals surface area (Å²) in [4.78, 5) is 25.4. The van der Waals surface area contributed by atoms with Gasteiger partial charge < -0.3 is 14.8 Å². The number of carbonyl (C=O) groups is 1. The topological polar surface area (TPSA) is 87.4 Å². The van der Waals surface area contributed by atoms with Crippen LogP contribution < -0.4 is 20.5 Å². The van der Waals surface area contributed by atoms with E-state index in [4.69, 9.17) is 9.47 Å². The van der Waals surface area contributed by atoms with E-state index < -0.39 is 0 Å². The average Bonchev–Trinajstić information content (AvgIpc) is 3.57. The highest BCUT2D eigenvalue weighted by molar-refractivity contribution is 5.97. The van der Waals surface area contributed by atoms with Crippen molar-refractivity contribution in [3.8, 4) is 22.9 Å². The van der Waals surface area contributed by atoms with Gasteiger partial charge in [0.05, 0.1) is 26.3 Å².